The Morgan fingerprint density at radius 1 is 1.43 bits per heavy atom. The molecule has 1 heterocycles. The van der Waals surface area contributed by atoms with Crippen LogP contribution in [0, 0.1) is 10.1 Å². The lowest BCUT2D eigenvalue weighted by Crippen LogP contribution is -2.00. The van der Waals surface area contributed by atoms with Crippen molar-refractivity contribution < 1.29 is 19.6 Å². The number of rotatable bonds is 4. The van der Waals surface area contributed by atoms with E-state index in [0.717, 1.165) is 18.2 Å². The van der Waals surface area contributed by atoms with Crippen molar-refractivity contribution in [2.24, 2.45) is 0 Å². The Morgan fingerprint density at radius 3 is 2.71 bits per heavy atom. The van der Waals surface area contributed by atoms with Crippen LogP contribution in [-0.2, 0) is 0 Å². The summed E-state index contributed by atoms with van der Waals surface area (Å²) >= 11 is 8.89. The highest BCUT2D eigenvalue weighted by molar-refractivity contribution is 9.10. The average molecular weight is 374 g/mol. The summed E-state index contributed by atoms with van der Waals surface area (Å²) in [4.78, 5) is 25.1. The lowest BCUT2D eigenvalue weighted by molar-refractivity contribution is -0.385. The van der Waals surface area contributed by atoms with Crippen molar-refractivity contribution in [3.05, 3.63) is 55.6 Å². The molecule has 0 aliphatic carbocycles. The Morgan fingerprint density at radius 2 is 2.14 bits per heavy atom. The molecule has 1 aromatic carbocycles. The summed E-state index contributed by atoms with van der Waals surface area (Å²) in [5.74, 6) is -1.42. The second kappa shape index (κ2) is 6.06. The van der Waals surface area contributed by atoms with E-state index in [4.69, 9.17) is 21.4 Å². The Labute approximate surface area is 131 Å². The van der Waals surface area contributed by atoms with Crippen LogP contribution >= 0.6 is 27.5 Å². The summed E-state index contributed by atoms with van der Waals surface area (Å²) in [6, 6.07) is 4.74. The zero-order valence-corrected chi connectivity index (χ0v) is 12.5. The number of aromatic carboxylic acids is 1. The molecule has 0 aliphatic rings. The molecular formula is C12H6BrClN2O5. The van der Waals surface area contributed by atoms with Gasteiger partial charge in [0.05, 0.1) is 20.0 Å². The standard InChI is InChI=1S/C12H6BrClN2O5/c13-8-4-7(14)5-15-11(8)21-10-3-6(12(17)18)1-2-9(10)16(19)20/h1-5H,(H,17,18). The van der Waals surface area contributed by atoms with E-state index in [1.54, 1.807) is 0 Å². The van der Waals surface area contributed by atoms with Crippen LogP contribution in [0.1, 0.15) is 10.4 Å². The lowest BCUT2D eigenvalue weighted by atomic mass is 10.2. The first-order chi connectivity index (χ1) is 9.88. The van der Waals surface area contributed by atoms with E-state index in [9.17, 15) is 14.9 Å². The maximum atomic E-state index is 11.0. The van der Waals surface area contributed by atoms with E-state index >= 15 is 0 Å². The fourth-order valence-corrected chi connectivity index (χ4v) is 2.18. The van der Waals surface area contributed by atoms with Crippen LogP contribution in [-0.4, -0.2) is 21.0 Å². The van der Waals surface area contributed by atoms with Crippen LogP contribution in [0.15, 0.2) is 34.9 Å². The van der Waals surface area contributed by atoms with E-state index in [1.165, 1.54) is 12.3 Å². The van der Waals surface area contributed by atoms with Gasteiger partial charge in [0, 0.05) is 18.3 Å². The van der Waals surface area contributed by atoms with E-state index in [1.807, 2.05) is 0 Å². The molecule has 0 spiro atoms. The number of carbonyl (C=O) groups is 1. The molecule has 21 heavy (non-hydrogen) atoms. The average Bonchev–Trinajstić information content (AvgIpc) is 2.41. The number of benzene rings is 1. The quantitative estimate of drug-likeness (QED) is 0.644. The first kappa shape index (κ1) is 15.2. The van der Waals surface area contributed by atoms with Gasteiger partial charge in [0.25, 0.3) is 0 Å². The number of aromatic nitrogens is 1. The largest absolute Gasteiger partial charge is 0.478 e. The Bertz CT molecular complexity index is 738. The number of nitrogens with zero attached hydrogens (tertiary/aromatic N) is 2. The fourth-order valence-electron chi connectivity index (χ4n) is 1.46. The van der Waals surface area contributed by atoms with E-state index < -0.39 is 10.9 Å². The summed E-state index contributed by atoms with van der Waals surface area (Å²) in [6.07, 6.45) is 1.30. The van der Waals surface area contributed by atoms with Gasteiger partial charge < -0.3 is 9.84 Å². The predicted molar refractivity (Wildman–Crippen MR) is 77.1 cm³/mol. The van der Waals surface area contributed by atoms with Gasteiger partial charge in [0.15, 0.2) is 0 Å². The number of halogens is 2. The molecule has 1 N–H and O–H groups in total. The van der Waals surface area contributed by atoms with Crippen molar-refractivity contribution in [3.63, 3.8) is 0 Å². The van der Waals surface area contributed by atoms with Gasteiger partial charge in [-0.05, 0) is 28.1 Å². The SMILES string of the molecule is O=C(O)c1ccc([N+](=O)[O-])c(Oc2ncc(Cl)cc2Br)c1. The van der Waals surface area contributed by atoms with Gasteiger partial charge in [-0.1, -0.05) is 11.6 Å². The molecule has 1 aromatic heterocycles. The number of hydrogen-bond acceptors (Lipinski definition) is 5. The highest BCUT2D eigenvalue weighted by atomic mass is 79.9. The molecule has 108 valence electrons. The van der Waals surface area contributed by atoms with Gasteiger partial charge in [-0.25, -0.2) is 9.78 Å². The van der Waals surface area contributed by atoms with Crippen LogP contribution in [0.3, 0.4) is 0 Å². The molecule has 2 rings (SSSR count). The van der Waals surface area contributed by atoms with Crippen molar-refractivity contribution in [3.8, 4) is 11.6 Å². The number of carboxylic acids is 1. The van der Waals surface area contributed by atoms with E-state index in [2.05, 4.69) is 20.9 Å². The zero-order valence-electron chi connectivity index (χ0n) is 10.1. The monoisotopic (exact) mass is 372 g/mol. The molecular weight excluding hydrogens is 367 g/mol. The Hall–Kier alpha value is -2.19. The summed E-state index contributed by atoms with van der Waals surface area (Å²) in [5, 5.41) is 20.2. The molecule has 0 radical (unpaired) electrons. The van der Waals surface area contributed by atoms with Gasteiger partial charge >= 0.3 is 11.7 Å². The number of nitro benzene ring substituents is 1. The topological polar surface area (TPSA) is 103 Å². The summed E-state index contributed by atoms with van der Waals surface area (Å²) < 4.78 is 5.71. The van der Waals surface area contributed by atoms with Gasteiger partial charge in [0.1, 0.15) is 0 Å². The Balaban J connectivity index is 2.48. The summed E-state index contributed by atoms with van der Waals surface area (Å²) in [7, 11) is 0. The Kier molecular flexibility index (Phi) is 4.39. The molecule has 0 unspecified atom stereocenters. The molecule has 9 heteroatoms. The zero-order chi connectivity index (χ0) is 15.6. The third-order valence-corrected chi connectivity index (χ3v) is 3.16. The van der Waals surface area contributed by atoms with Crippen LogP contribution in [0.2, 0.25) is 5.02 Å². The van der Waals surface area contributed by atoms with Crippen LogP contribution in [0.25, 0.3) is 0 Å². The minimum absolute atomic E-state index is 0.0324. The first-order valence-electron chi connectivity index (χ1n) is 5.39. The minimum Gasteiger partial charge on any atom is -0.478 e. The lowest BCUT2D eigenvalue weighted by Gasteiger charge is -2.08. The molecule has 0 fully saturated rings. The maximum absolute atomic E-state index is 11.0. The second-order valence-electron chi connectivity index (χ2n) is 3.79. The van der Waals surface area contributed by atoms with Gasteiger partial charge in [-0.15, -0.1) is 0 Å². The number of pyridine rings is 1. The minimum atomic E-state index is -1.22. The van der Waals surface area contributed by atoms with E-state index in [0.29, 0.717) is 9.50 Å². The van der Waals surface area contributed by atoms with Gasteiger partial charge in [-0.2, -0.15) is 0 Å². The fraction of sp³-hybridized carbons (Fsp3) is 0. The third-order valence-electron chi connectivity index (χ3n) is 2.38. The third kappa shape index (κ3) is 3.47. The normalized spacial score (nSPS) is 10.2. The van der Waals surface area contributed by atoms with Crippen LogP contribution < -0.4 is 4.74 Å². The number of nitro groups is 1. The highest BCUT2D eigenvalue weighted by Gasteiger charge is 2.20. The number of ether oxygens (including phenoxy) is 1. The van der Waals surface area contributed by atoms with Gasteiger partial charge in [0.2, 0.25) is 11.6 Å². The molecule has 0 saturated carbocycles. The molecule has 0 bridgehead atoms. The van der Waals surface area contributed by atoms with Crippen LogP contribution in [0.4, 0.5) is 5.69 Å². The molecule has 0 saturated heterocycles. The second-order valence-corrected chi connectivity index (χ2v) is 5.08. The van der Waals surface area contributed by atoms with Crippen molar-refractivity contribution >= 4 is 39.2 Å². The molecule has 2 aromatic rings. The maximum Gasteiger partial charge on any atom is 0.335 e. The smallest absolute Gasteiger partial charge is 0.335 e. The van der Waals surface area contributed by atoms with Crippen molar-refractivity contribution in [2.45, 2.75) is 0 Å². The van der Waals surface area contributed by atoms with Crippen molar-refractivity contribution in [1.29, 1.82) is 0 Å². The van der Waals surface area contributed by atoms with Crippen LogP contribution in [0.5, 0.6) is 11.6 Å². The highest BCUT2D eigenvalue weighted by Crippen LogP contribution is 2.35. The first-order valence-corrected chi connectivity index (χ1v) is 6.56. The molecule has 0 amide bonds. The van der Waals surface area contributed by atoms with Crippen molar-refractivity contribution in [2.75, 3.05) is 0 Å². The molecule has 0 atom stereocenters. The summed E-state index contributed by atoms with van der Waals surface area (Å²) in [6.45, 7) is 0. The molecule has 0 aliphatic heterocycles. The molecule has 7 nitrogen and oxygen atoms in total. The number of hydrogen-bond donors (Lipinski definition) is 1. The van der Waals surface area contributed by atoms with E-state index in [-0.39, 0.29) is 22.9 Å². The van der Waals surface area contributed by atoms with Crippen molar-refractivity contribution in [1.82, 2.24) is 4.98 Å². The predicted octanol–water partition coefficient (Wildman–Crippen LogP) is 3.90. The van der Waals surface area contributed by atoms with Gasteiger partial charge in [-0.3, -0.25) is 10.1 Å². The summed E-state index contributed by atoms with van der Waals surface area (Å²) in [5.41, 5.74) is -0.510. The number of carboxylic acid groups (broad SMARTS) is 1.